The van der Waals surface area contributed by atoms with Crippen LogP contribution in [0.3, 0.4) is 0 Å². The zero-order chi connectivity index (χ0) is 33.1. The lowest BCUT2D eigenvalue weighted by molar-refractivity contribution is -0.180. The third-order valence-corrected chi connectivity index (χ3v) is 8.21. The molecule has 248 valence electrons. The second kappa shape index (κ2) is 16.5. The third kappa shape index (κ3) is 12.0. The normalized spacial score (nSPS) is 17.7. The summed E-state index contributed by atoms with van der Waals surface area (Å²) in [5.74, 6) is 0.778. The summed E-state index contributed by atoms with van der Waals surface area (Å²) in [6.07, 6.45) is 9.45. The van der Waals surface area contributed by atoms with Crippen molar-refractivity contribution in [3.05, 3.63) is 35.5 Å². The monoisotopic (exact) mass is 642 g/mol. The number of carbonyl (C=O) groups is 1. The fraction of sp³-hybridized carbons (Fsp3) is 0.647. The topological polar surface area (TPSA) is 144 Å². The van der Waals surface area contributed by atoms with Gasteiger partial charge in [-0.05, 0) is 85.4 Å². The molecule has 0 aromatic carbocycles. The van der Waals surface area contributed by atoms with E-state index in [9.17, 15) is 10.1 Å². The van der Waals surface area contributed by atoms with Gasteiger partial charge in [0, 0.05) is 43.6 Å². The Morgan fingerprint density at radius 3 is 2.53 bits per heavy atom. The van der Waals surface area contributed by atoms with Gasteiger partial charge in [-0.3, -0.25) is 0 Å². The van der Waals surface area contributed by atoms with Crippen molar-refractivity contribution in [2.45, 2.75) is 110 Å². The number of nitrogen functional groups attached to an aromatic ring is 1. The molecule has 1 aliphatic carbocycles. The van der Waals surface area contributed by atoms with Crippen LogP contribution in [-0.2, 0) is 19.0 Å². The number of nitriles is 1. The number of halogens is 1. The Hall–Kier alpha value is -2.97. The van der Waals surface area contributed by atoms with E-state index in [2.05, 4.69) is 33.6 Å². The van der Waals surface area contributed by atoms with Gasteiger partial charge in [0.2, 0.25) is 0 Å². The lowest BCUT2D eigenvalue weighted by atomic mass is 9.82. The number of nitrogens with zero attached hydrogens (tertiary/aromatic N) is 3. The van der Waals surface area contributed by atoms with Gasteiger partial charge in [-0.15, -0.1) is 0 Å². The highest BCUT2D eigenvalue weighted by Gasteiger charge is 2.34. The molecule has 0 spiro atoms. The van der Waals surface area contributed by atoms with Crippen LogP contribution in [0.4, 0.5) is 11.6 Å². The molecule has 1 atom stereocenters. The SMILES string of the molecule is CC(COC(C)(C)C(=O)OC(C)(C)C)NC1CCCCC1.N#CC1(CNc2cccc(-c3cc(N)ncc3Cl)n2)CCOCC1. The number of rotatable bonds is 10. The highest BCUT2D eigenvalue weighted by molar-refractivity contribution is 6.33. The first-order valence-electron chi connectivity index (χ1n) is 16.0. The Morgan fingerprint density at radius 1 is 1.20 bits per heavy atom. The number of nitrogens with one attached hydrogen (secondary N) is 2. The molecule has 4 N–H and O–H groups in total. The molecule has 0 amide bonds. The van der Waals surface area contributed by atoms with Crippen molar-refractivity contribution in [1.29, 1.82) is 5.26 Å². The van der Waals surface area contributed by atoms with Crippen LogP contribution in [0.5, 0.6) is 0 Å². The molecule has 3 heterocycles. The van der Waals surface area contributed by atoms with E-state index in [0.29, 0.717) is 54.8 Å². The van der Waals surface area contributed by atoms with Gasteiger partial charge >= 0.3 is 5.97 Å². The molecule has 0 bridgehead atoms. The molecule has 4 rings (SSSR count). The predicted molar refractivity (Wildman–Crippen MR) is 179 cm³/mol. The first-order valence-corrected chi connectivity index (χ1v) is 16.3. The number of aromatic nitrogens is 2. The quantitative estimate of drug-likeness (QED) is 0.244. The van der Waals surface area contributed by atoms with Gasteiger partial charge in [-0.25, -0.2) is 14.8 Å². The van der Waals surface area contributed by atoms with Crippen LogP contribution < -0.4 is 16.4 Å². The maximum absolute atomic E-state index is 12.1. The number of pyridine rings is 2. The molecule has 10 nitrogen and oxygen atoms in total. The molecular weight excluding hydrogens is 592 g/mol. The first-order chi connectivity index (χ1) is 21.2. The minimum atomic E-state index is -0.907. The number of anilines is 2. The molecule has 1 saturated heterocycles. The van der Waals surface area contributed by atoms with E-state index in [1.54, 1.807) is 19.9 Å². The highest BCUT2D eigenvalue weighted by Crippen LogP contribution is 2.31. The van der Waals surface area contributed by atoms with Crippen molar-refractivity contribution in [2.75, 3.05) is 37.4 Å². The number of nitrogens with two attached hydrogens (primary N) is 1. The minimum absolute atomic E-state index is 0.245. The first kappa shape index (κ1) is 36.5. The standard InChI is InChI=1S/C17H18ClN5O.C17H33NO3/c18-13-9-21-15(20)8-12(13)14-2-1-3-16(23-14)22-11-17(10-19)4-6-24-7-5-17;1-13(18-14-10-8-7-9-11-14)12-20-17(5,6)15(19)21-16(2,3)4/h1-3,8-9H,4-7,11H2,(H2,20,21)(H,22,23);13-14,18H,7-12H2,1-6H3. The number of carbonyl (C=O) groups excluding carboxylic acids is 1. The van der Waals surface area contributed by atoms with Gasteiger partial charge in [0.25, 0.3) is 0 Å². The molecule has 2 aromatic rings. The van der Waals surface area contributed by atoms with Gasteiger partial charge in [0.15, 0.2) is 5.60 Å². The van der Waals surface area contributed by atoms with Crippen LogP contribution in [0.1, 0.15) is 86.5 Å². The smallest absolute Gasteiger partial charge is 0.338 e. The number of ether oxygens (including phenoxy) is 3. The molecule has 1 saturated carbocycles. The van der Waals surface area contributed by atoms with Crippen LogP contribution in [0.2, 0.25) is 5.02 Å². The van der Waals surface area contributed by atoms with E-state index in [1.807, 2.05) is 39.0 Å². The van der Waals surface area contributed by atoms with E-state index in [1.165, 1.54) is 38.3 Å². The van der Waals surface area contributed by atoms with Crippen LogP contribution >= 0.6 is 11.6 Å². The van der Waals surface area contributed by atoms with Crippen molar-refractivity contribution in [1.82, 2.24) is 15.3 Å². The average Bonchev–Trinajstić information content (AvgIpc) is 3.01. The van der Waals surface area contributed by atoms with E-state index >= 15 is 0 Å². The lowest BCUT2D eigenvalue weighted by Crippen LogP contribution is -2.45. The summed E-state index contributed by atoms with van der Waals surface area (Å²) < 4.78 is 16.6. The zero-order valence-corrected chi connectivity index (χ0v) is 28.5. The van der Waals surface area contributed by atoms with Gasteiger partial charge in [-0.1, -0.05) is 36.9 Å². The van der Waals surface area contributed by atoms with Gasteiger partial charge in [0.05, 0.1) is 28.8 Å². The lowest BCUT2D eigenvalue weighted by Gasteiger charge is -2.31. The van der Waals surface area contributed by atoms with Crippen LogP contribution in [0.15, 0.2) is 30.5 Å². The van der Waals surface area contributed by atoms with Crippen LogP contribution in [0.25, 0.3) is 11.3 Å². The predicted octanol–water partition coefficient (Wildman–Crippen LogP) is 6.55. The van der Waals surface area contributed by atoms with E-state index in [4.69, 9.17) is 31.5 Å². The Morgan fingerprint density at radius 2 is 1.89 bits per heavy atom. The summed E-state index contributed by atoms with van der Waals surface area (Å²) in [6.45, 7) is 13.6. The Balaban J connectivity index is 0.000000248. The molecular formula is C34H51ClN6O4. The summed E-state index contributed by atoms with van der Waals surface area (Å²) in [6, 6.07) is 10.6. The maximum atomic E-state index is 12.1. The second-order valence-corrected chi connectivity index (χ2v) is 14.0. The molecule has 0 radical (unpaired) electrons. The summed E-state index contributed by atoms with van der Waals surface area (Å²) in [7, 11) is 0. The molecule has 2 fully saturated rings. The number of hydrogen-bond acceptors (Lipinski definition) is 10. The highest BCUT2D eigenvalue weighted by atomic mass is 35.5. The summed E-state index contributed by atoms with van der Waals surface area (Å²) in [5, 5.41) is 16.9. The Bertz CT molecular complexity index is 1280. The largest absolute Gasteiger partial charge is 0.458 e. The second-order valence-electron chi connectivity index (χ2n) is 13.6. The molecule has 11 heteroatoms. The average molecular weight is 643 g/mol. The zero-order valence-electron chi connectivity index (χ0n) is 27.7. The van der Waals surface area contributed by atoms with Crippen molar-refractivity contribution in [3.63, 3.8) is 0 Å². The number of hydrogen-bond donors (Lipinski definition) is 3. The Kier molecular flexibility index (Phi) is 13.4. The Labute approximate surface area is 273 Å². The summed E-state index contributed by atoms with van der Waals surface area (Å²) in [4.78, 5) is 20.7. The van der Waals surface area contributed by atoms with Crippen LogP contribution in [-0.4, -0.2) is 65.6 Å². The van der Waals surface area contributed by atoms with Gasteiger partial charge in [0.1, 0.15) is 17.2 Å². The molecule has 2 aromatic heterocycles. The summed E-state index contributed by atoms with van der Waals surface area (Å²) in [5.41, 5.74) is 5.37. The van der Waals surface area contributed by atoms with Crippen molar-refractivity contribution in [2.24, 2.45) is 5.41 Å². The van der Waals surface area contributed by atoms with E-state index in [0.717, 1.165) is 18.4 Å². The fourth-order valence-electron chi connectivity index (χ4n) is 5.20. The minimum Gasteiger partial charge on any atom is -0.458 e. The third-order valence-electron chi connectivity index (χ3n) is 7.91. The van der Waals surface area contributed by atoms with E-state index < -0.39 is 16.6 Å². The van der Waals surface area contributed by atoms with Crippen molar-refractivity contribution in [3.8, 4) is 17.3 Å². The van der Waals surface area contributed by atoms with Crippen molar-refractivity contribution >= 4 is 29.2 Å². The number of esters is 1. The maximum Gasteiger partial charge on any atom is 0.338 e. The summed E-state index contributed by atoms with van der Waals surface area (Å²) >= 11 is 6.19. The van der Waals surface area contributed by atoms with Crippen LogP contribution in [0, 0.1) is 16.7 Å². The molecule has 1 unspecified atom stereocenters. The molecule has 45 heavy (non-hydrogen) atoms. The van der Waals surface area contributed by atoms with E-state index in [-0.39, 0.29) is 12.0 Å². The fourth-order valence-corrected chi connectivity index (χ4v) is 5.40. The molecule has 1 aliphatic heterocycles. The van der Waals surface area contributed by atoms with Gasteiger partial charge in [-0.2, -0.15) is 5.26 Å². The van der Waals surface area contributed by atoms with Crippen molar-refractivity contribution < 1.29 is 19.0 Å². The van der Waals surface area contributed by atoms with Gasteiger partial charge < -0.3 is 30.6 Å². The molecule has 2 aliphatic rings.